The van der Waals surface area contributed by atoms with Crippen LogP contribution in [0.4, 0.5) is 0 Å². The molecule has 2 aromatic heterocycles. The molecule has 33 heavy (non-hydrogen) atoms. The Kier molecular flexibility index (Phi) is 5.56. The van der Waals surface area contributed by atoms with Gasteiger partial charge in [0.1, 0.15) is 17.9 Å². The summed E-state index contributed by atoms with van der Waals surface area (Å²) in [5.74, 6) is 1.06. The zero-order valence-electron chi connectivity index (χ0n) is 18.2. The maximum atomic E-state index is 12.5. The fourth-order valence-electron chi connectivity index (χ4n) is 4.03. The normalized spacial score (nSPS) is 11.7. The first kappa shape index (κ1) is 21.2. The van der Waals surface area contributed by atoms with Gasteiger partial charge < -0.3 is 14.0 Å². The van der Waals surface area contributed by atoms with Crippen molar-refractivity contribution in [2.24, 2.45) is 0 Å². The molecule has 1 aliphatic heterocycles. The van der Waals surface area contributed by atoms with Crippen molar-refractivity contribution < 1.29 is 14.3 Å². The van der Waals surface area contributed by atoms with Gasteiger partial charge in [0.25, 0.3) is 0 Å². The molecule has 2 aromatic carbocycles. The molecule has 0 saturated carbocycles. The van der Waals surface area contributed by atoms with Crippen molar-refractivity contribution in [3.05, 3.63) is 88.4 Å². The van der Waals surface area contributed by atoms with Crippen molar-refractivity contribution in [3.63, 3.8) is 0 Å². The summed E-state index contributed by atoms with van der Waals surface area (Å²) in [7, 11) is 1.64. The second-order valence-corrected chi connectivity index (χ2v) is 8.09. The summed E-state index contributed by atoms with van der Waals surface area (Å²) in [6, 6.07) is 13.5. The summed E-state index contributed by atoms with van der Waals surface area (Å²) < 4.78 is 12.4. The number of nitrogens with zero attached hydrogens (tertiary/aromatic N) is 4. The zero-order chi connectivity index (χ0) is 22.9. The summed E-state index contributed by atoms with van der Waals surface area (Å²) in [6.45, 7) is 2.06. The topological polar surface area (TPSA) is 79.1 Å². The van der Waals surface area contributed by atoms with Gasteiger partial charge in [0.05, 0.1) is 30.8 Å². The van der Waals surface area contributed by atoms with Crippen LogP contribution in [0.3, 0.4) is 0 Å². The minimum absolute atomic E-state index is 0.283. The predicted octanol–water partition coefficient (Wildman–Crippen LogP) is 4.66. The van der Waals surface area contributed by atoms with Crippen LogP contribution in [0.2, 0.25) is 5.02 Å². The second kappa shape index (κ2) is 8.67. The number of halogens is 1. The van der Waals surface area contributed by atoms with Crippen molar-refractivity contribution in [2.45, 2.75) is 19.8 Å². The minimum atomic E-state index is -0.442. The summed E-state index contributed by atoms with van der Waals surface area (Å²) in [5, 5.41) is 0.601. The molecule has 0 saturated heterocycles. The van der Waals surface area contributed by atoms with Gasteiger partial charge in [-0.05, 0) is 42.8 Å². The second-order valence-electron chi connectivity index (χ2n) is 7.65. The molecule has 0 spiro atoms. The lowest BCUT2D eigenvalue weighted by Crippen LogP contribution is -2.10. The van der Waals surface area contributed by atoms with Gasteiger partial charge in [-0.25, -0.2) is 19.7 Å². The number of methoxy groups -OCH3 is 1. The van der Waals surface area contributed by atoms with Gasteiger partial charge in [-0.2, -0.15) is 0 Å². The number of ether oxygens (including phenoxy) is 2. The molecule has 1 aliphatic rings. The van der Waals surface area contributed by atoms with Crippen molar-refractivity contribution in [1.82, 2.24) is 19.5 Å². The van der Waals surface area contributed by atoms with E-state index in [1.807, 2.05) is 53.2 Å². The molecule has 7 nitrogen and oxygen atoms in total. The van der Waals surface area contributed by atoms with Gasteiger partial charge in [-0.15, -0.1) is 0 Å². The molecule has 3 heterocycles. The van der Waals surface area contributed by atoms with Crippen LogP contribution in [0.15, 0.2) is 55.0 Å². The lowest BCUT2D eigenvalue weighted by atomic mass is 10.0. The number of imidazole rings is 1. The molecule has 0 N–H and O–H groups in total. The Morgan fingerprint density at radius 2 is 1.97 bits per heavy atom. The first-order valence-electron chi connectivity index (χ1n) is 10.6. The van der Waals surface area contributed by atoms with Crippen molar-refractivity contribution >= 4 is 17.6 Å². The van der Waals surface area contributed by atoms with Crippen molar-refractivity contribution in [2.75, 3.05) is 13.7 Å². The van der Waals surface area contributed by atoms with Gasteiger partial charge in [0, 0.05) is 35.2 Å². The number of aromatic nitrogens is 4. The molecule has 5 rings (SSSR count). The third-order valence-electron chi connectivity index (χ3n) is 5.60. The van der Waals surface area contributed by atoms with E-state index in [-0.39, 0.29) is 6.61 Å². The van der Waals surface area contributed by atoms with Gasteiger partial charge in [-0.3, -0.25) is 0 Å². The molecular weight excluding hydrogens is 440 g/mol. The summed E-state index contributed by atoms with van der Waals surface area (Å²) in [6.07, 6.45) is 4.49. The highest BCUT2D eigenvalue weighted by Crippen LogP contribution is 2.36. The summed E-state index contributed by atoms with van der Waals surface area (Å²) >= 11 is 6.36. The van der Waals surface area contributed by atoms with Crippen LogP contribution in [-0.2, 0) is 17.6 Å². The first-order valence-corrected chi connectivity index (χ1v) is 11.0. The lowest BCUT2D eigenvalue weighted by Gasteiger charge is -2.11. The van der Waals surface area contributed by atoms with E-state index in [0.717, 1.165) is 39.5 Å². The molecule has 0 atom stereocenters. The Labute approximate surface area is 196 Å². The molecule has 4 aromatic rings. The van der Waals surface area contributed by atoms with Gasteiger partial charge in [0.15, 0.2) is 5.69 Å². The average molecular weight is 461 g/mol. The SMILES string of the molecule is CCOC(=O)c1ncn2c1Cc1cnc(Cc3ccc(OC)cc3)nc1-c1cc(Cl)ccc1-2. The van der Waals surface area contributed by atoms with E-state index < -0.39 is 5.97 Å². The van der Waals surface area contributed by atoms with Crippen LogP contribution in [0, 0.1) is 0 Å². The van der Waals surface area contributed by atoms with Crippen LogP contribution in [0.25, 0.3) is 16.9 Å². The monoisotopic (exact) mass is 460 g/mol. The Balaban J connectivity index is 1.60. The largest absolute Gasteiger partial charge is 0.497 e. The number of carbonyl (C=O) groups excluding carboxylic acids is 1. The Bertz CT molecular complexity index is 1350. The van der Waals surface area contributed by atoms with Crippen LogP contribution in [0.1, 0.15) is 40.1 Å². The van der Waals surface area contributed by atoms with E-state index in [2.05, 4.69) is 9.97 Å². The van der Waals surface area contributed by atoms with E-state index in [4.69, 9.17) is 26.1 Å². The average Bonchev–Trinajstić information content (AvgIpc) is 3.18. The maximum absolute atomic E-state index is 12.5. The van der Waals surface area contributed by atoms with Gasteiger partial charge >= 0.3 is 5.97 Å². The lowest BCUT2D eigenvalue weighted by molar-refractivity contribution is 0.0519. The van der Waals surface area contributed by atoms with Crippen LogP contribution in [-0.4, -0.2) is 39.2 Å². The van der Waals surface area contributed by atoms with Crippen molar-refractivity contribution in [1.29, 1.82) is 0 Å². The number of rotatable bonds is 5. The number of carbonyl (C=O) groups is 1. The van der Waals surface area contributed by atoms with Crippen LogP contribution < -0.4 is 4.74 Å². The van der Waals surface area contributed by atoms with E-state index in [9.17, 15) is 4.79 Å². The number of fused-ring (bicyclic) bond motifs is 5. The number of benzene rings is 2. The molecular formula is C25H21ClN4O3. The van der Waals surface area contributed by atoms with E-state index in [0.29, 0.717) is 29.4 Å². The Morgan fingerprint density at radius 1 is 1.15 bits per heavy atom. The molecule has 0 amide bonds. The third-order valence-corrected chi connectivity index (χ3v) is 5.84. The number of esters is 1. The van der Waals surface area contributed by atoms with Gasteiger partial charge in [-0.1, -0.05) is 23.7 Å². The molecule has 0 radical (unpaired) electrons. The zero-order valence-corrected chi connectivity index (χ0v) is 19.0. The highest BCUT2D eigenvalue weighted by atomic mass is 35.5. The highest BCUT2D eigenvalue weighted by Gasteiger charge is 2.27. The summed E-state index contributed by atoms with van der Waals surface area (Å²) in [5.41, 5.74) is 5.52. The Morgan fingerprint density at radius 3 is 2.73 bits per heavy atom. The predicted molar refractivity (Wildman–Crippen MR) is 124 cm³/mol. The smallest absolute Gasteiger partial charge is 0.358 e. The maximum Gasteiger partial charge on any atom is 0.358 e. The highest BCUT2D eigenvalue weighted by molar-refractivity contribution is 6.31. The molecule has 0 unspecified atom stereocenters. The van der Waals surface area contributed by atoms with E-state index >= 15 is 0 Å². The van der Waals surface area contributed by atoms with Crippen LogP contribution in [0.5, 0.6) is 5.75 Å². The molecule has 8 heteroatoms. The van der Waals surface area contributed by atoms with E-state index in [1.54, 1.807) is 20.4 Å². The van der Waals surface area contributed by atoms with E-state index in [1.165, 1.54) is 0 Å². The molecule has 0 fully saturated rings. The third kappa shape index (κ3) is 3.96. The van der Waals surface area contributed by atoms with Gasteiger partial charge in [0.2, 0.25) is 0 Å². The number of hydrogen-bond donors (Lipinski definition) is 0. The summed E-state index contributed by atoms with van der Waals surface area (Å²) in [4.78, 5) is 26.4. The molecule has 0 bridgehead atoms. The first-order chi connectivity index (χ1) is 16.1. The molecule has 0 aliphatic carbocycles. The quantitative estimate of drug-likeness (QED) is 0.355. The van der Waals surface area contributed by atoms with Crippen molar-refractivity contribution in [3.8, 4) is 22.7 Å². The minimum Gasteiger partial charge on any atom is -0.497 e. The standard InChI is InChI=1S/C25H21ClN4O3/c1-3-33-25(31)24-21-11-16-13-27-22(10-15-4-7-18(32-2)8-5-15)29-23(16)19-12-17(26)6-9-20(19)30(21)14-28-24/h4-9,12-14H,3,10-11H2,1-2H3. The fraction of sp³-hybridized carbons (Fsp3) is 0.200. The van der Waals surface area contributed by atoms with Crippen LogP contribution >= 0.6 is 11.6 Å². The number of hydrogen-bond acceptors (Lipinski definition) is 6. The Hall–Kier alpha value is -3.71. The fourth-order valence-corrected chi connectivity index (χ4v) is 4.20. The molecule has 166 valence electrons.